The maximum absolute atomic E-state index is 12.3. The minimum absolute atomic E-state index is 0.268. The van der Waals surface area contributed by atoms with Crippen molar-refractivity contribution in [3.8, 4) is 0 Å². The number of carbonyl (C=O) groups excluding carboxylic acids is 1. The Hall–Kier alpha value is -1.15. The van der Waals surface area contributed by atoms with E-state index in [2.05, 4.69) is 11.8 Å². The summed E-state index contributed by atoms with van der Waals surface area (Å²) in [4.78, 5) is 14.6. The third-order valence-corrected chi connectivity index (χ3v) is 3.99. The maximum Gasteiger partial charge on any atom is 0.177 e. The number of rotatable bonds is 4. The average molecular weight is 245 g/mol. The maximum atomic E-state index is 12.3. The molecule has 1 atom stereocenters. The zero-order valence-corrected chi connectivity index (χ0v) is 11.5. The molecule has 98 valence electrons. The summed E-state index contributed by atoms with van der Waals surface area (Å²) in [5, 5.41) is 0. The first-order chi connectivity index (χ1) is 8.70. The highest BCUT2D eigenvalue weighted by Crippen LogP contribution is 2.19. The van der Waals surface area contributed by atoms with Crippen LogP contribution < -0.4 is 0 Å². The smallest absolute Gasteiger partial charge is 0.177 e. The summed E-state index contributed by atoms with van der Waals surface area (Å²) >= 11 is 0. The molecule has 1 aliphatic heterocycles. The van der Waals surface area contributed by atoms with Gasteiger partial charge in [0, 0.05) is 12.1 Å². The lowest BCUT2D eigenvalue weighted by atomic mass is 9.95. The molecule has 1 aromatic carbocycles. The van der Waals surface area contributed by atoms with Gasteiger partial charge in [-0.3, -0.25) is 9.69 Å². The fourth-order valence-electron chi connectivity index (χ4n) is 2.80. The van der Waals surface area contributed by atoms with E-state index in [-0.39, 0.29) is 5.78 Å². The molecule has 0 N–H and O–H groups in total. The Labute approximate surface area is 110 Å². The molecular formula is C16H23NO. The number of nitrogens with zero attached hydrogens (tertiary/aromatic N) is 1. The Morgan fingerprint density at radius 1 is 1.39 bits per heavy atom. The summed E-state index contributed by atoms with van der Waals surface area (Å²) in [6, 6.07) is 7.89. The van der Waals surface area contributed by atoms with Crippen molar-refractivity contribution < 1.29 is 4.79 Å². The first-order valence-corrected chi connectivity index (χ1v) is 7.02. The van der Waals surface area contributed by atoms with Gasteiger partial charge in [-0.05, 0) is 37.8 Å². The van der Waals surface area contributed by atoms with E-state index >= 15 is 0 Å². The fraction of sp³-hybridized carbons (Fsp3) is 0.562. The van der Waals surface area contributed by atoms with Gasteiger partial charge in [-0.1, -0.05) is 37.6 Å². The number of likely N-dealkylation sites (tertiary alicyclic amines) is 1. The Morgan fingerprint density at radius 2 is 2.17 bits per heavy atom. The number of hydrogen-bond donors (Lipinski definition) is 0. The second kappa shape index (κ2) is 6.14. The number of piperidine rings is 1. The van der Waals surface area contributed by atoms with Crippen LogP contribution in [0.15, 0.2) is 24.3 Å². The molecule has 0 amide bonds. The van der Waals surface area contributed by atoms with Crippen LogP contribution in [0.4, 0.5) is 0 Å². The van der Waals surface area contributed by atoms with E-state index in [9.17, 15) is 4.79 Å². The van der Waals surface area contributed by atoms with Crippen LogP contribution >= 0.6 is 0 Å². The monoisotopic (exact) mass is 245 g/mol. The van der Waals surface area contributed by atoms with Gasteiger partial charge in [0.05, 0.1) is 6.54 Å². The van der Waals surface area contributed by atoms with Gasteiger partial charge in [0.15, 0.2) is 5.78 Å². The van der Waals surface area contributed by atoms with E-state index in [1.165, 1.54) is 19.3 Å². The van der Waals surface area contributed by atoms with Crippen LogP contribution in [0.25, 0.3) is 0 Å². The van der Waals surface area contributed by atoms with E-state index in [4.69, 9.17) is 0 Å². The highest BCUT2D eigenvalue weighted by molar-refractivity contribution is 5.98. The predicted octanol–water partition coefficient (Wildman–Crippen LogP) is 3.30. The normalized spacial score (nSPS) is 20.9. The molecule has 1 fully saturated rings. The van der Waals surface area contributed by atoms with E-state index < -0.39 is 0 Å². The van der Waals surface area contributed by atoms with Gasteiger partial charge in [0.1, 0.15) is 0 Å². The molecule has 0 spiro atoms. The standard InChI is InChI=1S/C16H23NO/c1-3-14-8-6-10-17(11-14)12-16(18)15-9-5-4-7-13(15)2/h4-5,7,9,14H,3,6,8,10-12H2,1-2H3. The summed E-state index contributed by atoms with van der Waals surface area (Å²) in [7, 11) is 0. The summed E-state index contributed by atoms with van der Waals surface area (Å²) in [6.45, 7) is 7.01. The Balaban J connectivity index is 1.97. The minimum atomic E-state index is 0.268. The highest BCUT2D eigenvalue weighted by Gasteiger charge is 2.21. The molecule has 0 bridgehead atoms. The van der Waals surface area contributed by atoms with Crippen LogP contribution in [-0.4, -0.2) is 30.3 Å². The van der Waals surface area contributed by atoms with Crippen molar-refractivity contribution in [2.45, 2.75) is 33.1 Å². The number of ketones is 1. The van der Waals surface area contributed by atoms with Gasteiger partial charge in [-0.2, -0.15) is 0 Å². The SMILES string of the molecule is CCC1CCCN(CC(=O)c2ccccc2C)C1. The first kappa shape index (κ1) is 13.3. The van der Waals surface area contributed by atoms with Crippen LogP contribution in [0, 0.1) is 12.8 Å². The molecule has 2 heteroatoms. The molecular weight excluding hydrogens is 222 g/mol. The number of carbonyl (C=O) groups is 1. The second-order valence-corrected chi connectivity index (χ2v) is 5.39. The highest BCUT2D eigenvalue weighted by atomic mass is 16.1. The van der Waals surface area contributed by atoms with E-state index in [0.717, 1.165) is 30.1 Å². The lowest BCUT2D eigenvalue weighted by Crippen LogP contribution is -2.38. The van der Waals surface area contributed by atoms with Crippen molar-refractivity contribution in [1.29, 1.82) is 0 Å². The molecule has 1 saturated heterocycles. The molecule has 1 aliphatic rings. The lowest BCUT2D eigenvalue weighted by molar-refractivity contribution is 0.0884. The van der Waals surface area contributed by atoms with E-state index in [1.54, 1.807) is 0 Å². The summed E-state index contributed by atoms with van der Waals surface area (Å²) in [5.74, 6) is 1.05. The molecule has 0 aromatic heterocycles. The van der Waals surface area contributed by atoms with Crippen LogP contribution in [0.3, 0.4) is 0 Å². The van der Waals surface area contributed by atoms with Crippen molar-refractivity contribution in [2.24, 2.45) is 5.92 Å². The van der Waals surface area contributed by atoms with Gasteiger partial charge in [0.2, 0.25) is 0 Å². The zero-order chi connectivity index (χ0) is 13.0. The zero-order valence-electron chi connectivity index (χ0n) is 11.5. The van der Waals surface area contributed by atoms with Gasteiger partial charge in [-0.25, -0.2) is 0 Å². The quantitative estimate of drug-likeness (QED) is 0.759. The molecule has 0 aliphatic carbocycles. The van der Waals surface area contributed by atoms with Crippen LogP contribution in [0.1, 0.15) is 42.1 Å². The molecule has 18 heavy (non-hydrogen) atoms. The second-order valence-electron chi connectivity index (χ2n) is 5.39. The molecule has 0 radical (unpaired) electrons. The van der Waals surface area contributed by atoms with E-state index in [0.29, 0.717) is 6.54 Å². The minimum Gasteiger partial charge on any atom is -0.296 e. The van der Waals surface area contributed by atoms with Crippen molar-refractivity contribution in [3.05, 3.63) is 35.4 Å². The Morgan fingerprint density at radius 3 is 2.89 bits per heavy atom. The fourth-order valence-corrected chi connectivity index (χ4v) is 2.80. The molecule has 1 heterocycles. The molecule has 1 aromatic rings. The molecule has 1 unspecified atom stereocenters. The summed E-state index contributed by atoms with van der Waals surface area (Å²) in [5.41, 5.74) is 1.97. The lowest BCUT2D eigenvalue weighted by Gasteiger charge is -2.31. The Kier molecular flexibility index (Phi) is 4.54. The van der Waals surface area contributed by atoms with Crippen LogP contribution in [0.2, 0.25) is 0 Å². The average Bonchev–Trinajstić information content (AvgIpc) is 2.39. The predicted molar refractivity (Wildman–Crippen MR) is 75.0 cm³/mol. The molecule has 2 rings (SSSR count). The molecule has 2 nitrogen and oxygen atoms in total. The van der Waals surface area contributed by atoms with Crippen molar-refractivity contribution >= 4 is 5.78 Å². The van der Waals surface area contributed by atoms with Gasteiger partial charge < -0.3 is 0 Å². The van der Waals surface area contributed by atoms with Crippen molar-refractivity contribution in [1.82, 2.24) is 4.90 Å². The third-order valence-electron chi connectivity index (χ3n) is 3.99. The first-order valence-electron chi connectivity index (χ1n) is 7.02. The van der Waals surface area contributed by atoms with E-state index in [1.807, 2.05) is 31.2 Å². The third kappa shape index (κ3) is 3.20. The topological polar surface area (TPSA) is 20.3 Å². The largest absolute Gasteiger partial charge is 0.296 e. The van der Waals surface area contributed by atoms with Crippen LogP contribution in [0.5, 0.6) is 0 Å². The summed E-state index contributed by atoms with van der Waals surface area (Å²) in [6.07, 6.45) is 3.79. The number of aryl methyl sites for hydroxylation is 1. The number of Topliss-reactive ketones (excluding diaryl/α,β-unsaturated/α-hetero) is 1. The van der Waals surface area contributed by atoms with Crippen molar-refractivity contribution in [3.63, 3.8) is 0 Å². The van der Waals surface area contributed by atoms with Crippen molar-refractivity contribution in [2.75, 3.05) is 19.6 Å². The Bertz CT molecular complexity index is 413. The number of benzene rings is 1. The van der Waals surface area contributed by atoms with Gasteiger partial charge >= 0.3 is 0 Å². The molecule has 0 saturated carbocycles. The van der Waals surface area contributed by atoms with Crippen LogP contribution in [-0.2, 0) is 0 Å². The van der Waals surface area contributed by atoms with Gasteiger partial charge in [-0.15, -0.1) is 0 Å². The number of hydrogen-bond acceptors (Lipinski definition) is 2. The van der Waals surface area contributed by atoms with Gasteiger partial charge in [0.25, 0.3) is 0 Å². The summed E-state index contributed by atoms with van der Waals surface area (Å²) < 4.78 is 0.